The van der Waals surface area contributed by atoms with Crippen LogP contribution in [0.1, 0.15) is 86.0 Å². The van der Waals surface area contributed by atoms with Gasteiger partial charge in [-0.3, -0.25) is 9.59 Å². The standard InChI is InChI=1S/C28H42O5/c1-6-27(4,5)26(31)33-22-9-10-24-19(11-17(2)12-22)8-7-18(3)28(24)16-20(28)13-23-14-21(29)15-25(30)32-23/h7-8,11,17-18,20-24,29H,6,9-10,12-16H2,1-5H3/b19-11-/t17-,18-,20?,21+,22+,23+,24+,28?/m0/s1. The Morgan fingerprint density at radius 3 is 2.73 bits per heavy atom. The summed E-state index contributed by atoms with van der Waals surface area (Å²) in [6, 6.07) is 0. The zero-order valence-corrected chi connectivity index (χ0v) is 21.0. The molecule has 5 nitrogen and oxygen atoms in total. The SMILES string of the molecule is CCC(C)(C)C(=O)O[C@@H]1CC[C@@H]2/C(=C\[C@H](C)C1)C=C[C@H](C)C21CC1C[C@@H]1C[C@@H](O)CC(=O)O1. The molecule has 0 aromatic rings. The van der Waals surface area contributed by atoms with E-state index in [9.17, 15) is 14.7 Å². The van der Waals surface area contributed by atoms with Gasteiger partial charge in [0.25, 0.3) is 0 Å². The summed E-state index contributed by atoms with van der Waals surface area (Å²) >= 11 is 0. The van der Waals surface area contributed by atoms with Crippen molar-refractivity contribution in [1.82, 2.24) is 0 Å². The van der Waals surface area contributed by atoms with E-state index < -0.39 is 11.5 Å². The van der Waals surface area contributed by atoms with Gasteiger partial charge in [-0.05, 0) is 87.0 Å². The lowest BCUT2D eigenvalue weighted by Crippen LogP contribution is -2.36. The topological polar surface area (TPSA) is 72.8 Å². The molecule has 2 unspecified atom stereocenters. The van der Waals surface area contributed by atoms with Gasteiger partial charge in [0.05, 0.1) is 17.9 Å². The van der Waals surface area contributed by atoms with Crippen molar-refractivity contribution in [3.05, 3.63) is 23.8 Å². The molecule has 0 bridgehead atoms. The Bertz CT molecular complexity index is 826. The summed E-state index contributed by atoms with van der Waals surface area (Å²) < 4.78 is 11.6. The van der Waals surface area contributed by atoms with E-state index in [-0.39, 0.29) is 36.0 Å². The molecule has 8 atom stereocenters. The first-order chi connectivity index (χ1) is 15.5. The van der Waals surface area contributed by atoms with E-state index >= 15 is 0 Å². The van der Waals surface area contributed by atoms with Crippen molar-refractivity contribution in [1.29, 1.82) is 0 Å². The number of allylic oxidation sites excluding steroid dienone is 4. The molecule has 2 fully saturated rings. The number of cyclic esters (lactones) is 1. The highest BCUT2D eigenvalue weighted by Crippen LogP contribution is 2.69. The van der Waals surface area contributed by atoms with E-state index in [1.807, 2.05) is 20.8 Å². The van der Waals surface area contributed by atoms with Crippen LogP contribution in [0.25, 0.3) is 0 Å². The molecule has 1 heterocycles. The molecule has 33 heavy (non-hydrogen) atoms. The minimum Gasteiger partial charge on any atom is -0.462 e. The Hall–Kier alpha value is -1.62. The molecule has 4 aliphatic rings. The van der Waals surface area contributed by atoms with Gasteiger partial charge in [0.15, 0.2) is 0 Å². The van der Waals surface area contributed by atoms with Gasteiger partial charge in [-0.25, -0.2) is 0 Å². The summed E-state index contributed by atoms with van der Waals surface area (Å²) in [6.07, 6.45) is 12.5. The lowest BCUT2D eigenvalue weighted by Gasteiger charge is -2.40. The number of carbonyl (C=O) groups excluding carboxylic acids is 2. The fourth-order valence-corrected chi connectivity index (χ4v) is 6.61. The largest absolute Gasteiger partial charge is 0.462 e. The van der Waals surface area contributed by atoms with Crippen molar-refractivity contribution in [3.63, 3.8) is 0 Å². The highest BCUT2D eigenvalue weighted by molar-refractivity contribution is 5.76. The van der Waals surface area contributed by atoms with Gasteiger partial charge in [0, 0.05) is 6.42 Å². The summed E-state index contributed by atoms with van der Waals surface area (Å²) in [5.41, 5.74) is 1.17. The van der Waals surface area contributed by atoms with Crippen LogP contribution in [0, 0.1) is 34.5 Å². The second-order valence-electron chi connectivity index (χ2n) is 11.9. The van der Waals surface area contributed by atoms with Crippen LogP contribution >= 0.6 is 0 Å². The molecule has 1 aliphatic heterocycles. The van der Waals surface area contributed by atoms with E-state index in [1.54, 1.807) is 0 Å². The van der Waals surface area contributed by atoms with E-state index in [4.69, 9.17) is 9.47 Å². The molecule has 184 valence electrons. The number of aliphatic hydroxyl groups excluding tert-OH is 1. The van der Waals surface area contributed by atoms with Crippen LogP contribution in [0.4, 0.5) is 0 Å². The number of hydrogen-bond acceptors (Lipinski definition) is 5. The van der Waals surface area contributed by atoms with Crippen molar-refractivity contribution in [2.45, 2.75) is 104 Å². The Morgan fingerprint density at radius 2 is 2.03 bits per heavy atom. The first kappa shape index (κ1) is 24.5. The number of hydrogen-bond donors (Lipinski definition) is 1. The van der Waals surface area contributed by atoms with E-state index in [0.29, 0.717) is 30.1 Å². The third-order valence-electron chi connectivity index (χ3n) is 9.06. The Morgan fingerprint density at radius 1 is 1.27 bits per heavy atom. The zero-order valence-electron chi connectivity index (χ0n) is 21.0. The summed E-state index contributed by atoms with van der Waals surface area (Å²) in [5.74, 6) is 1.39. The average Bonchev–Trinajstić information content (AvgIpc) is 3.42. The van der Waals surface area contributed by atoms with Crippen molar-refractivity contribution in [2.75, 3.05) is 0 Å². The molecule has 0 aromatic heterocycles. The molecular weight excluding hydrogens is 416 g/mol. The third-order valence-corrected chi connectivity index (χ3v) is 9.06. The first-order valence-electron chi connectivity index (χ1n) is 13.0. The first-order valence-corrected chi connectivity index (χ1v) is 13.0. The second kappa shape index (κ2) is 9.20. The normalized spacial score (nSPS) is 42.4. The van der Waals surface area contributed by atoms with Crippen LogP contribution < -0.4 is 0 Å². The highest BCUT2D eigenvalue weighted by atomic mass is 16.5. The third kappa shape index (κ3) is 4.94. The number of rotatable bonds is 5. The average molecular weight is 459 g/mol. The molecule has 3 aliphatic carbocycles. The predicted molar refractivity (Wildman–Crippen MR) is 127 cm³/mol. The Balaban J connectivity index is 1.49. The zero-order chi connectivity index (χ0) is 24.0. The van der Waals surface area contributed by atoms with Gasteiger partial charge in [0.1, 0.15) is 12.2 Å². The lowest BCUT2D eigenvalue weighted by molar-refractivity contribution is -0.162. The molecule has 5 heteroatoms. The quantitative estimate of drug-likeness (QED) is 0.561. The monoisotopic (exact) mass is 458 g/mol. The van der Waals surface area contributed by atoms with Crippen molar-refractivity contribution < 1.29 is 24.2 Å². The fourth-order valence-electron chi connectivity index (χ4n) is 6.61. The fraction of sp³-hybridized carbons (Fsp3) is 0.786. The smallest absolute Gasteiger partial charge is 0.311 e. The minimum absolute atomic E-state index is 0.0407. The van der Waals surface area contributed by atoms with Gasteiger partial charge in [-0.1, -0.05) is 39.0 Å². The van der Waals surface area contributed by atoms with Crippen LogP contribution in [0.15, 0.2) is 23.8 Å². The van der Waals surface area contributed by atoms with Crippen LogP contribution in [0.5, 0.6) is 0 Å². The van der Waals surface area contributed by atoms with Gasteiger partial charge in [-0.15, -0.1) is 0 Å². The van der Waals surface area contributed by atoms with Gasteiger partial charge in [-0.2, -0.15) is 0 Å². The molecule has 1 N–H and O–H groups in total. The minimum atomic E-state index is -0.574. The molecule has 4 rings (SSSR count). The predicted octanol–water partition coefficient (Wildman–Crippen LogP) is 5.37. The summed E-state index contributed by atoms with van der Waals surface area (Å²) in [6.45, 7) is 10.5. The number of aliphatic hydroxyl groups is 1. The lowest BCUT2D eigenvalue weighted by atomic mass is 9.66. The van der Waals surface area contributed by atoms with Gasteiger partial charge >= 0.3 is 11.9 Å². The van der Waals surface area contributed by atoms with Crippen molar-refractivity contribution >= 4 is 11.9 Å². The number of fused-ring (bicyclic) bond motifs is 2. The maximum Gasteiger partial charge on any atom is 0.311 e. The number of carbonyl (C=O) groups is 2. The van der Waals surface area contributed by atoms with Gasteiger partial charge < -0.3 is 14.6 Å². The Kier molecular flexibility index (Phi) is 6.83. The van der Waals surface area contributed by atoms with E-state index in [2.05, 4.69) is 32.1 Å². The summed E-state index contributed by atoms with van der Waals surface area (Å²) in [7, 11) is 0. The Labute approximate surface area is 199 Å². The van der Waals surface area contributed by atoms with Gasteiger partial charge in [0.2, 0.25) is 0 Å². The van der Waals surface area contributed by atoms with E-state index in [0.717, 1.165) is 38.5 Å². The second-order valence-corrected chi connectivity index (χ2v) is 11.9. The van der Waals surface area contributed by atoms with Crippen LogP contribution in [-0.2, 0) is 19.1 Å². The summed E-state index contributed by atoms with van der Waals surface area (Å²) in [4.78, 5) is 24.6. The highest BCUT2D eigenvalue weighted by Gasteiger charge is 2.62. The number of esters is 2. The maximum absolute atomic E-state index is 12.8. The molecule has 1 spiro atoms. The molecule has 0 amide bonds. The molecule has 1 saturated heterocycles. The summed E-state index contributed by atoms with van der Waals surface area (Å²) in [5, 5.41) is 10.0. The molecule has 1 saturated carbocycles. The van der Waals surface area contributed by atoms with E-state index in [1.165, 1.54) is 5.57 Å². The maximum atomic E-state index is 12.8. The molecular formula is C28H42O5. The van der Waals surface area contributed by atoms with Crippen LogP contribution in [0.2, 0.25) is 0 Å². The molecule has 0 aromatic carbocycles. The molecule has 0 radical (unpaired) electrons. The van der Waals surface area contributed by atoms with Crippen molar-refractivity contribution in [3.8, 4) is 0 Å². The van der Waals surface area contributed by atoms with Crippen LogP contribution in [0.3, 0.4) is 0 Å². The van der Waals surface area contributed by atoms with Crippen LogP contribution in [-0.4, -0.2) is 35.4 Å². The van der Waals surface area contributed by atoms with Crippen molar-refractivity contribution in [2.24, 2.45) is 34.5 Å². The number of ether oxygens (including phenoxy) is 2.